The maximum Gasteiger partial charge on any atom is 0.338 e. The maximum absolute atomic E-state index is 14.7. The minimum atomic E-state index is -1.29. The summed E-state index contributed by atoms with van der Waals surface area (Å²) in [5, 5.41) is 10.1. The molecule has 0 amide bonds. The van der Waals surface area contributed by atoms with E-state index in [4.69, 9.17) is 9.15 Å². The van der Waals surface area contributed by atoms with E-state index in [2.05, 4.69) is 0 Å². The fourth-order valence-electron chi connectivity index (χ4n) is 3.23. The van der Waals surface area contributed by atoms with Crippen molar-refractivity contribution < 1.29 is 23.4 Å². The zero-order valence-corrected chi connectivity index (χ0v) is 14.5. The standard InChI is InChI=1S/C21H16FNO4/c1-26-16-5-6-18-15(9-16)10-19(14-7-8-27-12-14)23(18)11-13-3-2-4-17(20(13)22)21(24)25/h2-10,12H,11H2,1H3,(H,24,25). The molecule has 0 bridgehead atoms. The van der Waals surface area contributed by atoms with Crippen molar-refractivity contribution >= 4 is 16.9 Å². The van der Waals surface area contributed by atoms with Crippen LogP contribution in [0.5, 0.6) is 5.75 Å². The third-order valence-corrected chi connectivity index (χ3v) is 4.56. The molecule has 27 heavy (non-hydrogen) atoms. The topological polar surface area (TPSA) is 64.6 Å². The Bertz CT molecular complexity index is 1130. The van der Waals surface area contributed by atoms with E-state index in [1.54, 1.807) is 31.8 Å². The zero-order chi connectivity index (χ0) is 19.0. The SMILES string of the molecule is COc1ccc2c(c1)cc(-c1ccoc1)n2Cc1cccc(C(=O)O)c1F. The average molecular weight is 365 g/mol. The molecule has 5 nitrogen and oxygen atoms in total. The number of benzene rings is 2. The molecule has 2 aromatic carbocycles. The first kappa shape index (κ1) is 16.9. The second kappa shape index (κ2) is 6.64. The monoisotopic (exact) mass is 365 g/mol. The molecule has 0 unspecified atom stereocenters. The van der Waals surface area contributed by atoms with E-state index in [0.717, 1.165) is 27.9 Å². The number of nitrogens with zero attached hydrogens (tertiary/aromatic N) is 1. The number of aromatic nitrogens is 1. The van der Waals surface area contributed by atoms with Gasteiger partial charge in [0.1, 0.15) is 11.6 Å². The van der Waals surface area contributed by atoms with Gasteiger partial charge in [-0.3, -0.25) is 0 Å². The smallest absolute Gasteiger partial charge is 0.338 e. The third kappa shape index (κ3) is 2.95. The number of hydrogen-bond acceptors (Lipinski definition) is 3. The van der Waals surface area contributed by atoms with Crippen LogP contribution in [0.25, 0.3) is 22.2 Å². The molecule has 0 atom stereocenters. The summed E-state index contributed by atoms with van der Waals surface area (Å²) in [6.07, 6.45) is 3.19. The molecule has 0 fully saturated rings. The van der Waals surface area contributed by atoms with Crippen molar-refractivity contribution in [1.82, 2.24) is 4.57 Å². The first-order valence-electron chi connectivity index (χ1n) is 8.29. The molecule has 4 rings (SSSR count). The third-order valence-electron chi connectivity index (χ3n) is 4.56. The van der Waals surface area contributed by atoms with Gasteiger partial charge in [-0.05, 0) is 36.4 Å². The van der Waals surface area contributed by atoms with Gasteiger partial charge >= 0.3 is 5.97 Å². The second-order valence-corrected chi connectivity index (χ2v) is 6.14. The van der Waals surface area contributed by atoms with E-state index in [1.165, 1.54) is 6.07 Å². The van der Waals surface area contributed by atoms with Crippen molar-refractivity contribution in [2.75, 3.05) is 7.11 Å². The number of carboxylic acid groups (broad SMARTS) is 1. The number of fused-ring (bicyclic) bond motifs is 1. The van der Waals surface area contributed by atoms with Gasteiger partial charge in [0, 0.05) is 22.0 Å². The number of hydrogen-bond donors (Lipinski definition) is 1. The van der Waals surface area contributed by atoms with Crippen molar-refractivity contribution in [3.8, 4) is 17.0 Å². The highest BCUT2D eigenvalue weighted by Gasteiger charge is 2.17. The first-order valence-corrected chi connectivity index (χ1v) is 8.29. The highest BCUT2D eigenvalue weighted by Crippen LogP contribution is 2.32. The lowest BCUT2D eigenvalue weighted by atomic mass is 10.1. The number of furan rings is 1. The number of rotatable bonds is 5. The first-order chi connectivity index (χ1) is 13.1. The van der Waals surface area contributed by atoms with Crippen LogP contribution in [0, 0.1) is 5.82 Å². The second-order valence-electron chi connectivity index (χ2n) is 6.14. The Hall–Kier alpha value is -3.54. The lowest BCUT2D eigenvalue weighted by Crippen LogP contribution is -2.08. The largest absolute Gasteiger partial charge is 0.497 e. The van der Waals surface area contributed by atoms with Gasteiger partial charge in [0.15, 0.2) is 0 Å². The summed E-state index contributed by atoms with van der Waals surface area (Å²) in [5.41, 5.74) is 2.53. The maximum atomic E-state index is 14.7. The molecule has 4 aromatic rings. The minimum absolute atomic E-state index is 0.184. The van der Waals surface area contributed by atoms with E-state index < -0.39 is 11.8 Å². The van der Waals surface area contributed by atoms with Crippen molar-refractivity contribution in [3.05, 3.63) is 78.0 Å². The molecule has 136 valence electrons. The number of ether oxygens (including phenoxy) is 1. The molecule has 0 spiro atoms. The summed E-state index contributed by atoms with van der Waals surface area (Å²) in [6, 6.07) is 13.8. The predicted molar refractivity (Wildman–Crippen MR) is 98.7 cm³/mol. The summed E-state index contributed by atoms with van der Waals surface area (Å²) >= 11 is 0. The van der Waals surface area contributed by atoms with Crippen LogP contribution in [0.4, 0.5) is 4.39 Å². The molecule has 0 aliphatic carbocycles. The quantitative estimate of drug-likeness (QED) is 0.552. The molecule has 0 saturated heterocycles. The Balaban J connectivity index is 1.89. The molecule has 1 N–H and O–H groups in total. The minimum Gasteiger partial charge on any atom is -0.497 e. The number of carboxylic acids is 1. The molecule has 0 saturated carbocycles. The fourth-order valence-corrected chi connectivity index (χ4v) is 3.23. The lowest BCUT2D eigenvalue weighted by molar-refractivity contribution is 0.0691. The molecular formula is C21H16FNO4. The number of methoxy groups -OCH3 is 1. The van der Waals surface area contributed by atoms with Crippen LogP contribution in [0.3, 0.4) is 0 Å². The van der Waals surface area contributed by atoms with E-state index in [9.17, 15) is 14.3 Å². The van der Waals surface area contributed by atoms with Gasteiger partial charge in [0.05, 0.1) is 37.4 Å². The Morgan fingerprint density at radius 2 is 2.07 bits per heavy atom. The van der Waals surface area contributed by atoms with E-state index in [-0.39, 0.29) is 12.1 Å². The van der Waals surface area contributed by atoms with Crippen LogP contribution in [-0.2, 0) is 6.54 Å². The van der Waals surface area contributed by atoms with Gasteiger partial charge in [-0.25, -0.2) is 9.18 Å². The number of halogens is 1. The molecule has 0 aliphatic rings. The van der Waals surface area contributed by atoms with Gasteiger partial charge in [-0.1, -0.05) is 12.1 Å². The van der Waals surface area contributed by atoms with E-state index >= 15 is 0 Å². The molecule has 0 radical (unpaired) electrons. The Morgan fingerprint density at radius 1 is 1.22 bits per heavy atom. The summed E-state index contributed by atoms with van der Waals surface area (Å²) in [6.45, 7) is 0.184. The summed E-state index contributed by atoms with van der Waals surface area (Å²) in [4.78, 5) is 11.2. The Kier molecular flexibility index (Phi) is 4.16. The average Bonchev–Trinajstić information content (AvgIpc) is 3.30. The summed E-state index contributed by atoms with van der Waals surface area (Å²) < 4.78 is 27.1. The van der Waals surface area contributed by atoms with Crippen molar-refractivity contribution in [1.29, 1.82) is 0 Å². The highest BCUT2D eigenvalue weighted by molar-refractivity contribution is 5.89. The Morgan fingerprint density at radius 3 is 2.78 bits per heavy atom. The van der Waals surface area contributed by atoms with Gasteiger partial charge in [0.25, 0.3) is 0 Å². The van der Waals surface area contributed by atoms with E-state index in [1.807, 2.05) is 34.9 Å². The highest BCUT2D eigenvalue weighted by atomic mass is 19.1. The molecule has 2 aromatic heterocycles. The van der Waals surface area contributed by atoms with Crippen molar-refractivity contribution in [2.45, 2.75) is 6.54 Å². The zero-order valence-electron chi connectivity index (χ0n) is 14.5. The normalized spacial score (nSPS) is 11.0. The summed E-state index contributed by atoms with van der Waals surface area (Å²) in [7, 11) is 1.60. The van der Waals surface area contributed by atoms with Gasteiger partial charge < -0.3 is 18.8 Å². The van der Waals surface area contributed by atoms with E-state index in [0.29, 0.717) is 5.56 Å². The molecule has 0 aliphatic heterocycles. The van der Waals surface area contributed by atoms with Crippen LogP contribution in [0.1, 0.15) is 15.9 Å². The number of aromatic carboxylic acids is 1. The lowest BCUT2D eigenvalue weighted by Gasteiger charge is -2.12. The summed E-state index contributed by atoms with van der Waals surface area (Å²) in [5.74, 6) is -1.29. The van der Waals surface area contributed by atoms with Gasteiger partial charge in [-0.15, -0.1) is 0 Å². The van der Waals surface area contributed by atoms with Gasteiger partial charge in [-0.2, -0.15) is 0 Å². The Labute approximate surface area is 154 Å². The fraction of sp³-hybridized carbons (Fsp3) is 0.0952. The van der Waals surface area contributed by atoms with Crippen LogP contribution in [-0.4, -0.2) is 22.8 Å². The molecular weight excluding hydrogens is 349 g/mol. The molecule has 6 heteroatoms. The van der Waals surface area contributed by atoms with Gasteiger partial charge in [0.2, 0.25) is 0 Å². The number of carbonyl (C=O) groups is 1. The predicted octanol–water partition coefficient (Wildman–Crippen LogP) is 4.80. The van der Waals surface area contributed by atoms with Crippen molar-refractivity contribution in [2.24, 2.45) is 0 Å². The van der Waals surface area contributed by atoms with Crippen molar-refractivity contribution in [3.63, 3.8) is 0 Å². The van der Waals surface area contributed by atoms with Crippen LogP contribution >= 0.6 is 0 Å². The van der Waals surface area contributed by atoms with Crippen LogP contribution < -0.4 is 4.74 Å². The van der Waals surface area contributed by atoms with Crippen LogP contribution in [0.15, 0.2) is 65.5 Å². The molecule has 2 heterocycles. The van der Waals surface area contributed by atoms with Crippen LogP contribution in [0.2, 0.25) is 0 Å².